The number of nitrogens with one attached hydrogen (secondary N) is 1. The van der Waals surface area contributed by atoms with Crippen molar-refractivity contribution in [2.45, 2.75) is 19.4 Å². The Balaban J connectivity index is 1.78. The van der Waals surface area contributed by atoms with E-state index in [1.54, 1.807) is 13.3 Å². The first-order valence-corrected chi connectivity index (χ1v) is 9.26. The highest BCUT2D eigenvalue weighted by Gasteiger charge is 2.28. The van der Waals surface area contributed by atoms with Gasteiger partial charge in [0, 0.05) is 26.3 Å². The van der Waals surface area contributed by atoms with Crippen LogP contribution in [0.3, 0.4) is 0 Å². The second-order valence-electron chi connectivity index (χ2n) is 6.62. The fraction of sp³-hybridized carbons (Fsp3) is 0.273. The summed E-state index contributed by atoms with van der Waals surface area (Å²) in [5.74, 6) is -0.656. The summed E-state index contributed by atoms with van der Waals surface area (Å²) in [6.07, 6.45) is 3.55. The Bertz CT molecular complexity index is 929. The number of carbonyl (C=O) groups excluding carboxylic acids is 2. The van der Waals surface area contributed by atoms with Gasteiger partial charge < -0.3 is 19.7 Å². The molecule has 6 nitrogen and oxygen atoms in total. The summed E-state index contributed by atoms with van der Waals surface area (Å²) >= 11 is 0. The number of halogens is 1. The van der Waals surface area contributed by atoms with E-state index in [0.29, 0.717) is 12.4 Å². The van der Waals surface area contributed by atoms with Gasteiger partial charge in [0.25, 0.3) is 0 Å². The van der Waals surface area contributed by atoms with Crippen LogP contribution in [0.15, 0.2) is 48.7 Å². The molecule has 1 heterocycles. The van der Waals surface area contributed by atoms with Crippen molar-refractivity contribution < 1.29 is 23.5 Å². The first-order valence-electron chi connectivity index (χ1n) is 9.26. The molecule has 1 atom stereocenters. The molecule has 2 aromatic rings. The topological polar surface area (TPSA) is 67.9 Å². The molecule has 0 aromatic heterocycles. The average molecular weight is 398 g/mol. The van der Waals surface area contributed by atoms with Crippen LogP contribution in [0, 0.1) is 5.82 Å². The van der Waals surface area contributed by atoms with Crippen LogP contribution < -0.4 is 10.1 Å². The minimum absolute atomic E-state index is 0.0228. The van der Waals surface area contributed by atoms with E-state index in [0.717, 1.165) is 11.1 Å². The Labute approximate surface area is 168 Å². The number of fused-ring (bicyclic) bond motifs is 1. The van der Waals surface area contributed by atoms with Crippen molar-refractivity contribution in [2.75, 3.05) is 25.6 Å². The lowest BCUT2D eigenvalue weighted by molar-refractivity contribution is -0.129. The Kier molecular flexibility index (Phi) is 6.61. The monoisotopic (exact) mass is 398 g/mol. The summed E-state index contributed by atoms with van der Waals surface area (Å²) < 4.78 is 24.2. The van der Waals surface area contributed by atoms with Crippen LogP contribution in [0.1, 0.15) is 30.5 Å². The van der Waals surface area contributed by atoms with E-state index in [4.69, 9.17) is 9.47 Å². The lowest BCUT2D eigenvalue weighted by atomic mass is 9.93. The van der Waals surface area contributed by atoms with E-state index in [1.165, 1.54) is 30.0 Å². The van der Waals surface area contributed by atoms with Crippen LogP contribution in [0.4, 0.5) is 10.1 Å². The lowest BCUT2D eigenvalue weighted by Gasteiger charge is -2.32. The average Bonchev–Trinajstić information content (AvgIpc) is 2.69. The molecule has 1 aliphatic heterocycles. The number of hydrogen-bond acceptors (Lipinski definition) is 4. The van der Waals surface area contributed by atoms with Crippen molar-refractivity contribution in [1.82, 2.24) is 4.90 Å². The molecular formula is C22H23FN2O4. The molecule has 0 aliphatic carbocycles. The number of benzene rings is 2. The molecule has 2 aromatic carbocycles. The number of amides is 2. The van der Waals surface area contributed by atoms with Crippen LogP contribution in [0.25, 0.3) is 6.08 Å². The SMILES string of the molecule is COCCOc1ccc(F)cc1NC(=O)CC1c2ccccc2C=CN1C(C)=O. The summed E-state index contributed by atoms with van der Waals surface area (Å²) in [6, 6.07) is 11.1. The zero-order valence-corrected chi connectivity index (χ0v) is 16.4. The predicted molar refractivity (Wildman–Crippen MR) is 108 cm³/mol. The number of anilines is 1. The summed E-state index contributed by atoms with van der Waals surface area (Å²) in [4.78, 5) is 26.4. The number of ether oxygens (including phenoxy) is 2. The van der Waals surface area contributed by atoms with Gasteiger partial charge in [0.15, 0.2) is 0 Å². The third-order valence-electron chi connectivity index (χ3n) is 4.61. The number of methoxy groups -OCH3 is 1. The van der Waals surface area contributed by atoms with Gasteiger partial charge in [0.05, 0.1) is 24.8 Å². The van der Waals surface area contributed by atoms with Gasteiger partial charge in [-0.3, -0.25) is 9.59 Å². The molecule has 1 aliphatic rings. The Hall–Kier alpha value is -3.19. The Morgan fingerprint density at radius 1 is 1.17 bits per heavy atom. The molecule has 0 saturated carbocycles. The van der Waals surface area contributed by atoms with Gasteiger partial charge >= 0.3 is 0 Å². The van der Waals surface area contributed by atoms with Crippen LogP contribution in [-0.4, -0.2) is 37.0 Å². The number of nitrogens with zero attached hydrogens (tertiary/aromatic N) is 1. The molecule has 0 fully saturated rings. The van der Waals surface area contributed by atoms with Gasteiger partial charge in [0.1, 0.15) is 18.2 Å². The van der Waals surface area contributed by atoms with Crippen molar-refractivity contribution >= 4 is 23.6 Å². The third kappa shape index (κ3) is 5.00. The number of carbonyl (C=O) groups is 2. The van der Waals surface area contributed by atoms with Gasteiger partial charge in [-0.2, -0.15) is 0 Å². The van der Waals surface area contributed by atoms with E-state index in [1.807, 2.05) is 30.3 Å². The largest absolute Gasteiger partial charge is 0.489 e. The summed E-state index contributed by atoms with van der Waals surface area (Å²) in [7, 11) is 1.55. The zero-order valence-electron chi connectivity index (χ0n) is 16.4. The van der Waals surface area contributed by atoms with Crippen molar-refractivity contribution in [3.63, 3.8) is 0 Å². The first kappa shape index (κ1) is 20.5. The smallest absolute Gasteiger partial charge is 0.226 e. The Morgan fingerprint density at radius 2 is 1.97 bits per heavy atom. The molecule has 0 spiro atoms. The van der Waals surface area contributed by atoms with Crippen molar-refractivity contribution in [2.24, 2.45) is 0 Å². The van der Waals surface area contributed by atoms with Gasteiger partial charge in [-0.1, -0.05) is 24.3 Å². The summed E-state index contributed by atoms with van der Waals surface area (Å²) in [5.41, 5.74) is 2.08. The number of rotatable bonds is 7. The molecule has 1 N–H and O–H groups in total. The minimum atomic E-state index is -0.490. The molecule has 0 saturated heterocycles. The van der Waals surface area contributed by atoms with Crippen LogP contribution in [0.5, 0.6) is 5.75 Å². The molecule has 0 radical (unpaired) electrons. The molecule has 152 valence electrons. The molecule has 0 bridgehead atoms. The van der Waals surface area contributed by atoms with E-state index < -0.39 is 11.9 Å². The maximum atomic E-state index is 13.7. The highest BCUT2D eigenvalue weighted by molar-refractivity contribution is 5.93. The van der Waals surface area contributed by atoms with Gasteiger partial charge in [-0.25, -0.2) is 4.39 Å². The molecular weight excluding hydrogens is 375 g/mol. The molecule has 2 amide bonds. The normalized spacial score (nSPS) is 15.0. The van der Waals surface area contributed by atoms with Crippen molar-refractivity contribution in [3.8, 4) is 5.75 Å². The quantitative estimate of drug-likeness (QED) is 0.722. The van der Waals surface area contributed by atoms with Gasteiger partial charge in [-0.05, 0) is 29.3 Å². The minimum Gasteiger partial charge on any atom is -0.489 e. The van der Waals surface area contributed by atoms with Crippen molar-refractivity contribution in [1.29, 1.82) is 0 Å². The van der Waals surface area contributed by atoms with E-state index in [-0.39, 0.29) is 30.5 Å². The first-order chi connectivity index (χ1) is 14.0. The van der Waals surface area contributed by atoms with Gasteiger partial charge in [-0.15, -0.1) is 0 Å². The zero-order chi connectivity index (χ0) is 20.8. The lowest BCUT2D eigenvalue weighted by Crippen LogP contribution is -2.33. The van der Waals surface area contributed by atoms with E-state index in [9.17, 15) is 14.0 Å². The van der Waals surface area contributed by atoms with Crippen LogP contribution in [-0.2, 0) is 14.3 Å². The third-order valence-corrected chi connectivity index (χ3v) is 4.61. The molecule has 29 heavy (non-hydrogen) atoms. The van der Waals surface area contributed by atoms with E-state index in [2.05, 4.69) is 5.32 Å². The maximum Gasteiger partial charge on any atom is 0.226 e. The molecule has 3 rings (SSSR count). The fourth-order valence-electron chi connectivity index (χ4n) is 3.25. The highest BCUT2D eigenvalue weighted by atomic mass is 19.1. The predicted octanol–water partition coefficient (Wildman–Crippen LogP) is 3.75. The number of hydrogen-bond donors (Lipinski definition) is 1. The second-order valence-corrected chi connectivity index (χ2v) is 6.62. The summed E-state index contributed by atoms with van der Waals surface area (Å²) in [6.45, 7) is 2.09. The van der Waals surface area contributed by atoms with E-state index >= 15 is 0 Å². The van der Waals surface area contributed by atoms with Gasteiger partial charge in [0.2, 0.25) is 11.8 Å². The fourth-order valence-corrected chi connectivity index (χ4v) is 3.25. The van der Waals surface area contributed by atoms with Crippen LogP contribution >= 0.6 is 0 Å². The van der Waals surface area contributed by atoms with Crippen LogP contribution in [0.2, 0.25) is 0 Å². The molecule has 1 unspecified atom stereocenters. The Morgan fingerprint density at radius 3 is 2.72 bits per heavy atom. The standard InChI is InChI=1S/C22H23FN2O4/c1-15(26)25-10-9-16-5-3-4-6-18(16)20(25)14-22(27)24-19-13-17(23)7-8-21(19)29-12-11-28-2/h3-10,13,20H,11-12,14H2,1-2H3,(H,24,27). The summed E-state index contributed by atoms with van der Waals surface area (Å²) in [5, 5.41) is 2.71. The maximum absolute atomic E-state index is 13.7. The highest BCUT2D eigenvalue weighted by Crippen LogP contribution is 2.33. The second kappa shape index (κ2) is 9.34. The van der Waals surface area contributed by atoms with Crippen molar-refractivity contribution in [3.05, 3.63) is 65.6 Å². The molecule has 7 heteroatoms.